The summed E-state index contributed by atoms with van der Waals surface area (Å²) in [7, 11) is 0. The van der Waals surface area contributed by atoms with Gasteiger partial charge in [0.1, 0.15) is 5.52 Å². The van der Waals surface area contributed by atoms with Gasteiger partial charge in [-0.2, -0.15) is 0 Å². The van der Waals surface area contributed by atoms with Crippen LogP contribution in [0.15, 0.2) is 52.1 Å². The first-order valence-corrected chi connectivity index (χ1v) is 9.28. The van der Waals surface area contributed by atoms with Gasteiger partial charge >= 0.3 is 0 Å². The molecule has 0 spiro atoms. The maximum absolute atomic E-state index is 12.1. The van der Waals surface area contributed by atoms with E-state index in [9.17, 15) is 4.79 Å². The molecule has 3 N–H and O–H groups in total. The molecule has 1 heterocycles. The van der Waals surface area contributed by atoms with Crippen LogP contribution in [0.25, 0.3) is 11.1 Å². The molecule has 5 nitrogen and oxygen atoms in total. The van der Waals surface area contributed by atoms with Crippen molar-refractivity contribution in [2.75, 3.05) is 13.1 Å². The number of fused-ring (bicyclic) bond motifs is 1. The smallest absolute Gasteiger partial charge is 0.257 e. The summed E-state index contributed by atoms with van der Waals surface area (Å²) >= 11 is 7.39. The van der Waals surface area contributed by atoms with Crippen molar-refractivity contribution in [1.29, 1.82) is 0 Å². The summed E-state index contributed by atoms with van der Waals surface area (Å²) < 4.78 is 5.72. The first-order chi connectivity index (χ1) is 12.2. The minimum Gasteiger partial charge on any atom is -0.431 e. The first kappa shape index (κ1) is 20.6. The van der Waals surface area contributed by atoms with E-state index < -0.39 is 0 Å². The molecule has 1 amide bonds. The molecule has 8 heteroatoms. The van der Waals surface area contributed by atoms with Gasteiger partial charge in [0.15, 0.2) is 5.58 Å². The van der Waals surface area contributed by atoms with Gasteiger partial charge in [0.2, 0.25) is 0 Å². The van der Waals surface area contributed by atoms with Crippen molar-refractivity contribution in [3.05, 3.63) is 58.6 Å². The largest absolute Gasteiger partial charge is 0.431 e. The number of carbonyl (C=O) groups excluding carboxylic acids is 1. The lowest BCUT2D eigenvalue weighted by Crippen LogP contribution is -2.25. The lowest BCUT2D eigenvalue weighted by Gasteiger charge is -2.03. The Balaban J connectivity index is 0.00000243. The van der Waals surface area contributed by atoms with Crippen LogP contribution in [0.5, 0.6) is 0 Å². The van der Waals surface area contributed by atoms with Crippen molar-refractivity contribution in [1.82, 2.24) is 10.3 Å². The van der Waals surface area contributed by atoms with Crippen LogP contribution in [0, 0.1) is 0 Å². The average Bonchev–Trinajstić information content (AvgIpc) is 3.03. The van der Waals surface area contributed by atoms with E-state index >= 15 is 0 Å². The van der Waals surface area contributed by atoms with Gasteiger partial charge in [-0.1, -0.05) is 35.5 Å². The Bertz CT molecular complexity index is 869. The second-order valence-corrected chi connectivity index (χ2v) is 6.84. The number of amides is 1. The number of carbonyl (C=O) groups is 1. The molecule has 0 saturated heterocycles. The SMILES string of the molecule is Cl.NCCCNC(=O)c1ccc2oc(SCc3ccc(Cl)cc3)nc2c1. The van der Waals surface area contributed by atoms with E-state index in [2.05, 4.69) is 10.3 Å². The van der Waals surface area contributed by atoms with Crippen LogP contribution in [-0.4, -0.2) is 24.0 Å². The summed E-state index contributed by atoms with van der Waals surface area (Å²) in [5, 5.41) is 4.12. The Kier molecular flexibility index (Phi) is 7.78. The standard InChI is InChI=1S/C18H18ClN3O2S.ClH/c19-14-5-2-12(3-6-14)11-25-18-22-15-10-13(4-7-16(15)24-18)17(23)21-9-1-8-20;/h2-7,10H,1,8-9,11,20H2,(H,21,23);1H. The third-order valence-corrected chi connectivity index (χ3v) is 4.72. The van der Waals surface area contributed by atoms with Crippen LogP contribution < -0.4 is 11.1 Å². The fraction of sp³-hybridized carbons (Fsp3) is 0.222. The molecule has 0 atom stereocenters. The van der Waals surface area contributed by atoms with Crippen molar-refractivity contribution >= 4 is 52.8 Å². The molecule has 138 valence electrons. The molecule has 0 aliphatic rings. The molecule has 0 unspecified atom stereocenters. The zero-order valence-corrected chi connectivity index (χ0v) is 16.3. The van der Waals surface area contributed by atoms with Crippen LogP contribution in [-0.2, 0) is 5.75 Å². The van der Waals surface area contributed by atoms with E-state index in [0.29, 0.717) is 40.0 Å². The second-order valence-electron chi connectivity index (χ2n) is 5.48. The Morgan fingerprint density at radius 1 is 1.23 bits per heavy atom. The third-order valence-electron chi connectivity index (χ3n) is 3.57. The van der Waals surface area contributed by atoms with Gasteiger partial charge in [0.05, 0.1) is 0 Å². The van der Waals surface area contributed by atoms with E-state index in [4.69, 9.17) is 21.8 Å². The molecule has 0 fully saturated rings. The van der Waals surface area contributed by atoms with Crippen molar-refractivity contribution in [2.24, 2.45) is 5.73 Å². The van der Waals surface area contributed by atoms with Gasteiger partial charge in [-0.15, -0.1) is 12.4 Å². The van der Waals surface area contributed by atoms with Crippen LogP contribution in [0.1, 0.15) is 22.3 Å². The number of rotatable bonds is 7. The number of hydrogen-bond donors (Lipinski definition) is 2. The highest BCUT2D eigenvalue weighted by Gasteiger charge is 2.11. The normalized spacial score (nSPS) is 10.5. The lowest BCUT2D eigenvalue weighted by atomic mass is 10.2. The summed E-state index contributed by atoms with van der Waals surface area (Å²) in [6, 6.07) is 12.9. The molecule has 1 aromatic heterocycles. The number of aromatic nitrogens is 1. The minimum absolute atomic E-state index is 0. The zero-order chi connectivity index (χ0) is 17.6. The molecule has 26 heavy (non-hydrogen) atoms. The van der Waals surface area contributed by atoms with Gasteiger partial charge in [0, 0.05) is 22.9 Å². The Labute approximate surface area is 167 Å². The summed E-state index contributed by atoms with van der Waals surface area (Å²) in [4.78, 5) is 16.5. The molecule has 3 rings (SSSR count). The Morgan fingerprint density at radius 3 is 2.73 bits per heavy atom. The highest BCUT2D eigenvalue weighted by molar-refractivity contribution is 7.98. The van der Waals surface area contributed by atoms with Crippen LogP contribution in [0.4, 0.5) is 0 Å². The third kappa shape index (κ3) is 5.38. The van der Waals surface area contributed by atoms with E-state index in [1.807, 2.05) is 24.3 Å². The quantitative estimate of drug-likeness (QED) is 0.447. The molecule has 0 radical (unpaired) electrons. The summed E-state index contributed by atoms with van der Waals surface area (Å²) in [5.74, 6) is 0.602. The van der Waals surface area contributed by atoms with E-state index in [1.165, 1.54) is 11.8 Å². The molecule has 0 aliphatic carbocycles. The van der Waals surface area contributed by atoms with Crippen LogP contribution in [0.3, 0.4) is 0 Å². The van der Waals surface area contributed by atoms with Crippen molar-refractivity contribution in [3.63, 3.8) is 0 Å². The number of nitrogens with two attached hydrogens (primary N) is 1. The number of thioether (sulfide) groups is 1. The van der Waals surface area contributed by atoms with Crippen molar-refractivity contribution in [3.8, 4) is 0 Å². The number of hydrogen-bond acceptors (Lipinski definition) is 5. The van der Waals surface area contributed by atoms with Gasteiger partial charge in [0.25, 0.3) is 11.1 Å². The van der Waals surface area contributed by atoms with E-state index in [0.717, 1.165) is 17.7 Å². The second kappa shape index (κ2) is 9.83. The monoisotopic (exact) mass is 411 g/mol. The number of halogens is 2. The average molecular weight is 412 g/mol. The van der Waals surface area contributed by atoms with Gasteiger partial charge in [-0.05, 0) is 48.9 Å². The molecule has 0 bridgehead atoms. The van der Waals surface area contributed by atoms with Gasteiger partial charge in [-0.3, -0.25) is 4.79 Å². The fourth-order valence-electron chi connectivity index (χ4n) is 2.24. The summed E-state index contributed by atoms with van der Waals surface area (Å²) in [6.45, 7) is 1.12. The van der Waals surface area contributed by atoms with E-state index in [-0.39, 0.29) is 18.3 Å². The Morgan fingerprint density at radius 2 is 2.00 bits per heavy atom. The first-order valence-electron chi connectivity index (χ1n) is 7.92. The van der Waals surface area contributed by atoms with Crippen molar-refractivity contribution < 1.29 is 9.21 Å². The topological polar surface area (TPSA) is 81.1 Å². The number of benzene rings is 2. The maximum atomic E-state index is 12.1. The highest BCUT2D eigenvalue weighted by atomic mass is 35.5. The zero-order valence-electron chi connectivity index (χ0n) is 13.9. The van der Waals surface area contributed by atoms with Crippen molar-refractivity contribution in [2.45, 2.75) is 17.4 Å². The fourth-order valence-corrected chi connectivity index (χ4v) is 3.16. The molecule has 2 aromatic carbocycles. The summed E-state index contributed by atoms with van der Waals surface area (Å²) in [5.41, 5.74) is 8.46. The predicted molar refractivity (Wildman–Crippen MR) is 108 cm³/mol. The number of nitrogens with one attached hydrogen (secondary N) is 1. The van der Waals surface area contributed by atoms with Gasteiger partial charge in [-0.25, -0.2) is 4.98 Å². The number of oxazole rings is 1. The molecular formula is C18H19Cl2N3O2S. The molecule has 0 saturated carbocycles. The molecule has 3 aromatic rings. The number of nitrogens with zero attached hydrogens (tertiary/aromatic N) is 1. The summed E-state index contributed by atoms with van der Waals surface area (Å²) in [6.07, 6.45) is 0.753. The Hall–Kier alpha value is -1.73. The van der Waals surface area contributed by atoms with Crippen LogP contribution in [0.2, 0.25) is 5.02 Å². The molecular weight excluding hydrogens is 393 g/mol. The minimum atomic E-state index is -0.131. The predicted octanol–water partition coefficient (Wildman–Crippen LogP) is 4.27. The highest BCUT2D eigenvalue weighted by Crippen LogP contribution is 2.27. The van der Waals surface area contributed by atoms with E-state index in [1.54, 1.807) is 18.2 Å². The lowest BCUT2D eigenvalue weighted by molar-refractivity contribution is 0.0953. The maximum Gasteiger partial charge on any atom is 0.257 e. The molecule has 0 aliphatic heterocycles. The van der Waals surface area contributed by atoms with Gasteiger partial charge < -0.3 is 15.5 Å². The van der Waals surface area contributed by atoms with Crippen LogP contribution >= 0.6 is 35.8 Å².